The van der Waals surface area contributed by atoms with Gasteiger partial charge in [0.2, 0.25) is 0 Å². The highest BCUT2D eigenvalue weighted by Gasteiger charge is 2.20. The molecule has 1 heterocycles. The van der Waals surface area contributed by atoms with Gasteiger partial charge in [-0.05, 0) is 72.0 Å². The Morgan fingerprint density at radius 3 is 2.50 bits per heavy atom. The van der Waals surface area contributed by atoms with Crippen LogP contribution in [-0.2, 0) is 6.42 Å². The first-order valence-corrected chi connectivity index (χ1v) is 11.7. The minimum absolute atomic E-state index is 0.169. The summed E-state index contributed by atoms with van der Waals surface area (Å²) in [7, 11) is 0. The molecule has 36 heavy (non-hydrogen) atoms. The number of benzene rings is 3. The number of aliphatic hydroxyl groups excluding tert-OH is 1. The number of aromatic carboxylic acids is 1. The second-order valence-corrected chi connectivity index (χ2v) is 8.50. The van der Waals surface area contributed by atoms with E-state index in [4.69, 9.17) is 9.84 Å². The first-order valence-electron chi connectivity index (χ1n) is 11.7. The zero-order valence-electron chi connectivity index (χ0n) is 19.8. The summed E-state index contributed by atoms with van der Waals surface area (Å²) in [6.45, 7) is 2.08. The van der Waals surface area contributed by atoms with Crippen LogP contribution in [0, 0.1) is 5.82 Å². The van der Waals surface area contributed by atoms with Crippen molar-refractivity contribution in [2.24, 2.45) is 0 Å². The summed E-state index contributed by atoms with van der Waals surface area (Å²) < 4.78 is 19.5. The molecule has 0 aliphatic carbocycles. The maximum absolute atomic E-state index is 13.8. The van der Waals surface area contributed by atoms with Gasteiger partial charge in [-0.1, -0.05) is 25.1 Å². The van der Waals surface area contributed by atoms with Crippen molar-refractivity contribution in [3.8, 4) is 16.9 Å². The third-order valence-electron chi connectivity index (χ3n) is 5.90. The fourth-order valence-corrected chi connectivity index (χ4v) is 4.04. The number of fused-ring (bicyclic) bond motifs is 1. The topological polar surface area (TPSA) is 112 Å². The van der Waals surface area contributed by atoms with Crippen LogP contribution in [0.2, 0.25) is 0 Å². The van der Waals surface area contributed by atoms with E-state index < -0.39 is 17.9 Å². The molecule has 1 atom stereocenters. The van der Waals surface area contributed by atoms with Gasteiger partial charge in [0.25, 0.3) is 5.91 Å². The van der Waals surface area contributed by atoms with E-state index in [0.717, 1.165) is 23.1 Å². The van der Waals surface area contributed by atoms with E-state index in [0.29, 0.717) is 35.3 Å². The molecular formula is C28H27FN2O5. The van der Waals surface area contributed by atoms with E-state index in [-0.39, 0.29) is 18.0 Å². The number of carbonyl (C=O) groups is 2. The Labute approximate surface area is 207 Å². The zero-order chi connectivity index (χ0) is 25.7. The molecule has 1 unspecified atom stereocenters. The number of ether oxygens (including phenoxy) is 1. The number of aromatic nitrogens is 1. The van der Waals surface area contributed by atoms with E-state index >= 15 is 0 Å². The number of H-pyrrole nitrogens is 1. The van der Waals surface area contributed by atoms with E-state index in [1.165, 1.54) is 24.3 Å². The average molecular weight is 491 g/mol. The number of carbonyl (C=O) groups excluding carboxylic acids is 1. The maximum Gasteiger partial charge on any atom is 0.335 e. The zero-order valence-corrected chi connectivity index (χ0v) is 19.8. The van der Waals surface area contributed by atoms with Crippen LogP contribution in [0.3, 0.4) is 0 Å². The molecule has 4 aromatic rings. The Balaban J connectivity index is 1.59. The Morgan fingerprint density at radius 1 is 1.06 bits per heavy atom. The van der Waals surface area contributed by atoms with Crippen LogP contribution in [0.15, 0.2) is 66.9 Å². The number of carboxylic acids is 1. The molecule has 0 radical (unpaired) electrons. The quantitative estimate of drug-likeness (QED) is 0.255. The van der Waals surface area contributed by atoms with Crippen molar-refractivity contribution in [3.63, 3.8) is 0 Å². The van der Waals surface area contributed by atoms with Crippen LogP contribution in [0.25, 0.3) is 22.0 Å². The van der Waals surface area contributed by atoms with Crippen molar-refractivity contribution in [1.82, 2.24) is 10.3 Å². The third-order valence-corrected chi connectivity index (χ3v) is 5.90. The molecule has 0 spiro atoms. The van der Waals surface area contributed by atoms with Crippen LogP contribution in [0.5, 0.6) is 5.75 Å². The normalized spacial score (nSPS) is 11.9. The second-order valence-electron chi connectivity index (χ2n) is 8.50. The van der Waals surface area contributed by atoms with Crippen LogP contribution in [-0.4, -0.2) is 46.3 Å². The van der Waals surface area contributed by atoms with Gasteiger partial charge in [0.05, 0.1) is 30.4 Å². The molecule has 1 aromatic heterocycles. The molecule has 8 heteroatoms. The van der Waals surface area contributed by atoms with Gasteiger partial charge in [-0.3, -0.25) is 4.79 Å². The van der Waals surface area contributed by atoms with Gasteiger partial charge < -0.3 is 25.3 Å². The van der Waals surface area contributed by atoms with Crippen molar-refractivity contribution in [1.29, 1.82) is 0 Å². The molecule has 4 rings (SSSR count). The standard InChI is InChI=1S/C28H27FN2O5/c1-2-11-36-26-10-7-19(17-3-5-18(6-4-17)28(34)35)13-24(26)27(33)31-22(16-32)12-20-15-30-25-9-8-21(29)14-23(20)25/h3-10,13-15,22,30,32H,2,11-12,16H2,1H3,(H,31,33)(H,34,35). The molecular weight excluding hydrogens is 463 g/mol. The summed E-state index contributed by atoms with van der Waals surface area (Å²) in [5.74, 6) is -1.39. The number of hydrogen-bond acceptors (Lipinski definition) is 4. The Morgan fingerprint density at radius 2 is 1.81 bits per heavy atom. The molecule has 0 bridgehead atoms. The van der Waals surface area contributed by atoms with Gasteiger partial charge in [-0.15, -0.1) is 0 Å². The summed E-state index contributed by atoms with van der Waals surface area (Å²) in [4.78, 5) is 27.6. The lowest BCUT2D eigenvalue weighted by molar-refractivity contribution is 0.0696. The summed E-state index contributed by atoms with van der Waals surface area (Å²) in [5, 5.41) is 22.7. The van der Waals surface area contributed by atoms with Crippen molar-refractivity contribution in [3.05, 3.63) is 89.4 Å². The van der Waals surface area contributed by atoms with E-state index in [1.807, 2.05) is 13.0 Å². The molecule has 1 amide bonds. The van der Waals surface area contributed by atoms with Crippen molar-refractivity contribution < 1.29 is 28.9 Å². The van der Waals surface area contributed by atoms with Gasteiger partial charge in [0.15, 0.2) is 0 Å². The lowest BCUT2D eigenvalue weighted by Gasteiger charge is -2.18. The monoisotopic (exact) mass is 490 g/mol. The number of aliphatic hydroxyl groups is 1. The lowest BCUT2D eigenvalue weighted by Crippen LogP contribution is -2.39. The molecule has 0 saturated carbocycles. The van der Waals surface area contributed by atoms with Gasteiger partial charge in [0, 0.05) is 17.1 Å². The summed E-state index contributed by atoms with van der Waals surface area (Å²) in [6.07, 6.45) is 2.80. The third kappa shape index (κ3) is 5.55. The first kappa shape index (κ1) is 24.9. The largest absolute Gasteiger partial charge is 0.493 e. The first-order chi connectivity index (χ1) is 17.4. The van der Waals surface area contributed by atoms with Crippen molar-refractivity contribution in [2.45, 2.75) is 25.8 Å². The molecule has 3 aromatic carbocycles. The SMILES string of the molecule is CCCOc1ccc(-c2ccc(C(=O)O)cc2)cc1C(=O)NC(CO)Cc1c[nH]c2ccc(F)cc12. The highest BCUT2D eigenvalue weighted by atomic mass is 19.1. The molecule has 0 aliphatic rings. The van der Waals surface area contributed by atoms with Crippen molar-refractivity contribution >= 4 is 22.8 Å². The number of nitrogens with one attached hydrogen (secondary N) is 2. The predicted octanol–water partition coefficient (Wildman–Crippen LogP) is 4.79. The van der Waals surface area contributed by atoms with Crippen LogP contribution in [0.1, 0.15) is 39.6 Å². The van der Waals surface area contributed by atoms with Crippen LogP contribution < -0.4 is 10.1 Å². The number of hydrogen-bond donors (Lipinski definition) is 4. The average Bonchev–Trinajstić information content (AvgIpc) is 3.28. The van der Waals surface area contributed by atoms with E-state index in [2.05, 4.69) is 10.3 Å². The molecule has 186 valence electrons. The number of halogens is 1. The summed E-state index contributed by atoms with van der Waals surface area (Å²) >= 11 is 0. The molecule has 4 N–H and O–H groups in total. The van der Waals surface area contributed by atoms with Gasteiger partial charge in [-0.2, -0.15) is 0 Å². The number of aromatic amines is 1. The minimum atomic E-state index is -1.02. The maximum atomic E-state index is 13.8. The highest BCUT2D eigenvalue weighted by Crippen LogP contribution is 2.28. The minimum Gasteiger partial charge on any atom is -0.493 e. The van der Waals surface area contributed by atoms with E-state index in [9.17, 15) is 19.1 Å². The van der Waals surface area contributed by atoms with Gasteiger partial charge in [-0.25, -0.2) is 9.18 Å². The summed E-state index contributed by atoms with van der Waals surface area (Å²) in [5.41, 5.74) is 3.48. The Kier molecular flexibility index (Phi) is 7.65. The Bertz CT molecular complexity index is 1380. The fourth-order valence-electron chi connectivity index (χ4n) is 4.04. The molecule has 7 nitrogen and oxygen atoms in total. The Hall–Kier alpha value is -4.17. The number of carboxylic acid groups (broad SMARTS) is 1. The van der Waals surface area contributed by atoms with Crippen LogP contribution >= 0.6 is 0 Å². The highest BCUT2D eigenvalue weighted by molar-refractivity contribution is 5.98. The van der Waals surface area contributed by atoms with Crippen molar-refractivity contribution in [2.75, 3.05) is 13.2 Å². The van der Waals surface area contributed by atoms with Crippen LogP contribution in [0.4, 0.5) is 4.39 Å². The van der Waals surface area contributed by atoms with Gasteiger partial charge >= 0.3 is 5.97 Å². The molecule has 0 aliphatic heterocycles. The lowest BCUT2D eigenvalue weighted by atomic mass is 10.00. The molecule has 0 saturated heterocycles. The fraction of sp³-hybridized carbons (Fsp3) is 0.214. The van der Waals surface area contributed by atoms with Gasteiger partial charge in [0.1, 0.15) is 11.6 Å². The number of rotatable bonds is 10. The van der Waals surface area contributed by atoms with E-state index in [1.54, 1.807) is 36.5 Å². The predicted molar refractivity (Wildman–Crippen MR) is 135 cm³/mol. The summed E-state index contributed by atoms with van der Waals surface area (Å²) in [6, 6.07) is 15.4. The smallest absolute Gasteiger partial charge is 0.335 e. The molecule has 0 fully saturated rings. The number of amides is 1. The second kappa shape index (κ2) is 11.0.